The molecule has 0 aromatic heterocycles. The molecule has 7 nitrogen and oxygen atoms in total. The normalized spacial score (nSPS) is 9.95. The molecule has 0 spiro atoms. The van der Waals surface area contributed by atoms with E-state index in [1.54, 1.807) is 6.92 Å². The van der Waals surface area contributed by atoms with Crippen molar-refractivity contribution in [3.63, 3.8) is 0 Å². The molecule has 0 bridgehead atoms. The Morgan fingerprint density at radius 3 is 2.60 bits per heavy atom. The van der Waals surface area contributed by atoms with Gasteiger partial charge in [0.2, 0.25) is 5.91 Å². The van der Waals surface area contributed by atoms with Crippen LogP contribution in [0.3, 0.4) is 0 Å². The number of nitrogens with one attached hydrogen (secondary N) is 1. The summed E-state index contributed by atoms with van der Waals surface area (Å²) in [6.45, 7) is 1.73. The van der Waals surface area contributed by atoms with Crippen LogP contribution >= 0.6 is 23.2 Å². The second-order valence-corrected chi connectivity index (χ2v) is 4.41. The number of carbonyl (C=O) groups is 2. The molecule has 0 unspecified atom stereocenters. The topological polar surface area (TPSA) is 98.5 Å². The molecular weight excluding hydrogens is 311 g/mol. The maximum atomic E-state index is 11.6. The number of esters is 1. The van der Waals surface area contributed by atoms with Crippen LogP contribution in [0.1, 0.15) is 13.3 Å². The number of hydrogen-bond donors (Lipinski definition) is 1. The van der Waals surface area contributed by atoms with Crippen LogP contribution in [-0.2, 0) is 14.3 Å². The third-order valence-electron chi connectivity index (χ3n) is 2.11. The van der Waals surface area contributed by atoms with E-state index in [1.165, 1.54) is 6.07 Å². The minimum atomic E-state index is -0.768. The Labute approximate surface area is 124 Å². The van der Waals surface area contributed by atoms with E-state index < -0.39 is 28.9 Å². The molecule has 1 N–H and O–H groups in total. The molecule has 1 rings (SSSR count). The van der Waals surface area contributed by atoms with E-state index in [0.29, 0.717) is 0 Å². The van der Waals surface area contributed by atoms with Crippen molar-refractivity contribution in [2.45, 2.75) is 13.3 Å². The average Bonchev–Trinajstić information content (AvgIpc) is 2.32. The molecule has 0 heterocycles. The summed E-state index contributed by atoms with van der Waals surface area (Å²) in [7, 11) is 0. The van der Waals surface area contributed by atoms with E-state index in [-0.39, 0.29) is 22.3 Å². The van der Waals surface area contributed by atoms with Crippen molar-refractivity contribution in [1.82, 2.24) is 0 Å². The number of benzene rings is 1. The van der Waals surface area contributed by atoms with Crippen molar-refractivity contribution in [3.05, 3.63) is 32.3 Å². The van der Waals surface area contributed by atoms with Crippen LogP contribution in [0.15, 0.2) is 12.1 Å². The van der Waals surface area contributed by atoms with E-state index >= 15 is 0 Å². The van der Waals surface area contributed by atoms with Gasteiger partial charge in [0.1, 0.15) is 12.1 Å². The maximum Gasteiger partial charge on any atom is 0.315 e. The molecule has 1 aromatic rings. The fraction of sp³-hybridized carbons (Fsp3) is 0.273. The SMILES string of the molecule is CCOC(=O)CC(=O)Nc1c(Cl)cc(Cl)cc1[N+](=O)[O-]. The number of nitrogens with zero attached hydrogens (tertiary/aromatic N) is 1. The lowest BCUT2D eigenvalue weighted by Crippen LogP contribution is -2.19. The van der Waals surface area contributed by atoms with E-state index in [0.717, 1.165) is 6.07 Å². The number of nitro groups is 1. The van der Waals surface area contributed by atoms with Crippen LogP contribution in [0.4, 0.5) is 11.4 Å². The average molecular weight is 321 g/mol. The Bertz CT molecular complexity index is 562. The van der Waals surface area contributed by atoms with Crippen LogP contribution in [0.5, 0.6) is 0 Å². The number of nitro benzene ring substituents is 1. The van der Waals surface area contributed by atoms with Gasteiger partial charge in [-0.2, -0.15) is 0 Å². The van der Waals surface area contributed by atoms with Crippen molar-refractivity contribution in [3.8, 4) is 0 Å². The maximum absolute atomic E-state index is 11.6. The monoisotopic (exact) mass is 320 g/mol. The molecule has 0 saturated carbocycles. The molecule has 0 saturated heterocycles. The summed E-state index contributed by atoms with van der Waals surface area (Å²) in [5, 5.41) is 13.0. The van der Waals surface area contributed by atoms with Gasteiger partial charge in [-0.1, -0.05) is 23.2 Å². The molecular formula is C11H10Cl2N2O5. The first-order valence-electron chi connectivity index (χ1n) is 5.44. The number of hydrogen-bond acceptors (Lipinski definition) is 5. The van der Waals surface area contributed by atoms with Gasteiger partial charge in [0.15, 0.2) is 0 Å². The minimum absolute atomic E-state index is 0.0603. The molecule has 9 heteroatoms. The van der Waals surface area contributed by atoms with Crippen LogP contribution in [0, 0.1) is 10.1 Å². The summed E-state index contributed by atoms with van der Waals surface area (Å²) in [4.78, 5) is 32.9. The van der Waals surface area contributed by atoms with Gasteiger partial charge in [-0.25, -0.2) is 0 Å². The quantitative estimate of drug-likeness (QED) is 0.389. The van der Waals surface area contributed by atoms with Gasteiger partial charge in [0.25, 0.3) is 5.69 Å². The second-order valence-electron chi connectivity index (χ2n) is 3.57. The van der Waals surface area contributed by atoms with Gasteiger partial charge in [0, 0.05) is 11.1 Å². The van der Waals surface area contributed by atoms with Gasteiger partial charge in [-0.05, 0) is 13.0 Å². The summed E-state index contributed by atoms with van der Waals surface area (Å²) in [6, 6.07) is 2.30. The van der Waals surface area contributed by atoms with Gasteiger partial charge in [-0.3, -0.25) is 19.7 Å². The highest BCUT2D eigenvalue weighted by molar-refractivity contribution is 6.37. The molecule has 0 radical (unpaired) electrons. The smallest absolute Gasteiger partial charge is 0.315 e. The fourth-order valence-electron chi connectivity index (χ4n) is 1.35. The Balaban J connectivity index is 2.94. The molecule has 0 atom stereocenters. The van der Waals surface area contributed by atoms with E-state index in [1.807, 2.05) is 0 Å². The summed E-state index contributed by atoms with van der Waals surface area (Å²) < 4.78 is 4.59. The molecule has 0 aliphatic heterocycles. The largest absolute Gasteiger partial charge is 0.466 e. The molecule has 1 amide bonds. The molecule has 0 fully saturated rings. The highest BCUT2D eigenvalue weighted by Gasteiger charge is 2.21. The zero-order chi connectivity index (χ0) is 15.3. The van der Waals surface area contributed by atoms with Crippen LogP contribution in [0.25, 0.3) is 0 Å². The number of halogens is 2. The Kier molecular flexibility index (Phi) is 5.72. The van der Waals surface area contributed by atoms with Crippen molar-refractivity contribution in [2.24, 2.45) is 0 Å². The first-order chi connectivity index (χ1) is 9.35. The predicted octanol–water partition coefficient (Wildman–Crippen LogP) is 2.79. The van der Waals surface area contributed by atoms with Gasteiger partial charge in [0.05, 0.1) is 16.6 Å². The number of ether oxygens (including phenoxy) is 1. The Hall–Kier alpha value is -1.86. The van der Waals surface area contributed by atoms with Gasteiger partial charge in [-0.15, -0.1) is 0 Å². The predicted molar refractivity (Wildman–Crippen MR) is 73.0 cm³/mol. The number of anilines is 1. The van der Waals surface area contributed by atoms with Gasteiger partial charge < -0.3 is 10.1 Å². The van der Waals surface area contributed by atoms with Crippen LogP contribution in [0.2, 0.25) is 10.0 Å². The molecule has 1 aromatic carbocycles. The van der Waals surface area contributed by atoms with Crippen LogP contribution < -0.4 is 5.32 Å². The summed E-state index contributed by atoms with van der Waals surface area (Å²) in [6.07, 6.45) is -0.566. The fourth-order valence-corrected chi connectivity index (χ4v) is 1.88. The molecule has 0 aliphatic rings. The summed E-state index contributed by atoms with van der Waals surface area (Å²) >= 11 is 11.5. The second kappa shape index (κ2) is 7.06. The lowest BCUT2D eigenvalue weighted by Gasteiger charge is -2.08. The molecule has 0 aliphatic carbocycles. The van der Waals surface area contributed by atoms with Crippen molar-refractivity contribution in [1.29, 1.82) is 0 Å². The Morgan fingerprint density at radius 1 is 1.40 bits per heavy atom. The number of amides is 1. The van der Waals surface area contributed by atoms with Crippen molar-refractivity contribution in [2.75, 3.05) is 11.9 Å². The van der Waals surface area contributed by atoms with Crippen molar-refractivity contribution < 1.29 is 19.2 Å². The minimum Gasteiger partial charge on any atom is -0.466 e. The summed E-state index contributed by atoms with van der Waals surface area (Å²) in [5.41, 5.74) is -0.671. The molecule has 20 heavy (non-hydrogen) atoms. The zero-order valence-electron chi connectivity index (χ0n) is 10.3. The molecule has 108 valence electrons. The first kappa shape index (κ1) is 16.2. The van der Waals surface area contributed by atoms with E-state index in [4.69, 9.17) is 23.2 Å². The third-order valence-corrected chi connectivity index (χ3v) is 2.62. The summed E-state index contributed by atoms with van der Waals surface area (Å²) in [5.74, 6) is -1.51. The lowest BCUT2D eigenvalue weighted by atomic mass is 10.2. The Morgan fingerprint density at radius 2 is 2.05 bits per heavy atom. The highest BCUT2D eigenvalue weighted by Crippen LogP contribution is 2.35. The van der Waals surface area contributed by atoms with Crippen LogP contribution in [-0.4, -0.2) is 23.4 Å². The van der Waals surface area contributed by atoms with E-state index in [2.05, 4.69) is 10.1 Å². The lowest BCUT2D eigenvalue weighted by molar-refractivity contribution is -0.383. The van der Waals surface area contributed by atoms with Gasteiger partial charge >= 0.3 is 5.97 Å². The number of rotatable bonds is 5. The zero-order valence-corrected chi connectivity index (χ0v) is 11.8. The highest BCUT2D eigenvalue weighted by atomic mass is 35.5. The standard InChI is InChI=1S/C11H10Cl2N2O5/c1-2-20-10(17)5-9(16)14-11-7(13)3-6(12)4-8(11)15(18)19/h3-4H,2,5H2,1H3,(H,14,16). The van der Waals surface area contributed by atoms with E-state index in [9.17, 15) is 19.7 Å². The number of carbonyl (C=O) groups excluding carboxylic acids is 2. The first-order valence-corrected chi connectivity index (χ1v) is 6.19. The third kappa shape index (κ3) is 4.36. The van der Waals surface area contributed by atoms with Crippen molar-refractivity contribution >= 4 is 46.5 Å².